The molecule has 0 bridgehead atoms. The van der Waals surface area contributed by atoms with Gasteiger partial charge in [-0.05, 0) is 49.3 Å². The molecule has 13 heavy (non-hydrogen) atoms. The number of hydrogen-bond acceptors (Lipinski definition) is 1. The Morgan fingerprint density at radius 1 is 1.31 bits per heavy atom. The molecule has 1 aromatic rings. The van der Waals surface area contributed by atoms with Crippen molar-refractivity contribution in [2.24, 2.45) is 0 Å². The molecule has 0 spiro atoms. The zero-order valence-electron chi connectivity index (χ0n) is 8.18. The highest BCUT2D eigenvalue weighted by Crippen LogP contribution is 2.31. The van der Waals surface area contributed by atoms with Crippen LogP contribution >= 0.6 is 22.6 Å². The third-order valence-corrected chi connectivity index (χ3v) is 4.47. The zero-order valence-corrected chi connectivity index (χ0v) is 10.3. The van der Waals surface area contributed by atoms with Crippen LogP contribution in [-0.2, 0) is 0 Å². The molecule has 1 aliphatic rings. The van der Waals surface area contributed by atoms with E-state index >= 15 is 0 Å². The Morgan fingerprint density at radius 3 is 2.38 bits per heavy atom. The average molecular weight is 290 g/mol. The van der Waals surface area contributed by atoms with Gasteiger partial charge in [0, 0.05) is 5.69 Å². The van der Waals surface area contributed by atoms with E-state index in [2.05, 4.69) is 46.2 Å². The van der Waals surface area contributed by atoms with E-state index in [-0.39, 0.29) is 0 Å². The molecule has 0 amide bonds. The fraction of sp³-hybridized carbons (Fsp3) is 0.700. The number of aryl methyl sites for hydroxylation is 1. The van der Waals surface area contributed by atoms with Gasteiger partial charge in [-0.3, -0.25) is 4.68 Å². The smallest absolute Gasteiger partial charge is 0.0730 e. The number of aromatic nitrogens is 2. The SMILES string of the molecule is Cc1nn(C2CCCC2)c(C)c1I. The van der Waals surface area contributed by atoms with Gasteiger partial charge < -0.3 is 0 Å². The predicted octanol–water partition coefficient (Wildman–Crippen LogP) is 3.22. The third kappa shape index (κ3) is 1.63. The molecule has 2 nitrogen and oxygen atoms in total. The summed E-state index contributed by atoms with van der Waals surface area (Å²) >= 11 is 2.39. The summed E-state index contributed by atoms with van der Waals surface area (Å²) in [4.78, 5) is 0. The second-order valence-electron chi connectivity index (χ2n) is 3.87. The number of rotatable bonds is 1. The van der Waals surface area contributed by atoms with E-state index in [4.69, 9.17) is 0 Å². The van der Waals surface area contributed by atoms with Crippen molar-refractivity contribution in [3.05, 3.63) is 15.0 Å². The summed E-state index contributed by atoms with van der Waals surface area (Å²) in [5.74, 6) is 0. The fourth-order valence-corrected chi connectivity index (χ4v) is 2.50. The third-order valence-electron chi connectivity index (χ3n) is 2.91. The van der Waals surface area contributed by atoms with Crippen molar-refractivity contribution in [2.75, 3.05) is 0 Å². The minimum Gasteiger partial charge on any atom is -0.265 e. The highest BCUT2D eigenvalue weighted by Gasteiger charge is 2.20. The van der Waals surface area contributed by atoms with Gasteiger partial charge in [-0.15, -0.1) is 0 Å². The van der Waals surface area contributed by atoms with Crippen molar-refractivity contribution < 1.29 is 0 Å². The van der Waals surface area contributed by atoms with E-state index in [0.717, 1.165) is 0 Å². The molecule has 1 saturated carbocycles. The van der Waals surface area contributed by atoms with Crippen LogP contribution in [0.2, 0.25) is 0 Å². The van der Waals surface area contributed by atoms with Gasteiger partial charge in [0.05, 0.1) is 15.3 Å². The van der Waals surface area contributed by atoms with E-state index in [9.17, 15) is 0 Å². The van der Waals surface area contributed by atoms with Crippen molar-refractivity contribution in [1.82, 2.24) is 9.78 Å². The van der Waals surface area contributed by atoms with Gasteiger partial charge in [-0.25, -0.2) is 0 Å². The van der Waals surface area contributed by atoms with E-state index < -0.39 is 0 Å². The van der Waals surface area contributed by atoms with Crippen LogP contribution in [0.5, 0.6) is 0 Å². The number of halogens is 1. The molecule has 1 heterocycles. The Bertz CT molecular complexity index is 311. The van der Waals surface area contributed by atoms with Crippen molar-refractivity contribution in [1.29, 1.82) is 0 Å². The summed E-state index contributed by atoms with van der Waals surface area (Å²) < 4.78 is 3.58. The summed E-state index contributed by atoms with van der Waals surface area (Å²) in [7, 11) is 0. The van der Waals surface area contributed by atoms with Crippen molar-refractivity contribution in [2.45, 2.75) is 45.6 Å². The standard InChI is InChI=1S/C10H15IN2/c1-7-10(11)8(2)13(12-7)9-5-3-4-6-9/h9H,3-6H2,1-2H3. The number of hydrogen-bond donors (Lipinski definition) is 0. The van der Waals surface area contributed by atoms with Gasteiger partial charge in [-0.2, -0.15) is 5.10 Å². The van der Waals surface area contributed by atoms with Gasteiger partial charge in [-0.1, -0.05) is 12.8 Å². The predicted molar refractivity (Wildman–Crippen MR) is 61.9 cm³/mol. The first-order chi connectivity index (χ1) is 6.20. The molecular formula is C10H15IN2. The van der Waals surface area contributed by atoms with Crippen molar-refractivity contribution >= 4 is 22.6 Å². The van der Waals surface area contributed by atoms with Crippen LogP contribution in [0, 0.1) is 17.4 Å². The minimum absolute atomic E-state index is 0.683. The first kappa shape index (κ1) is 9.49. The molecule has 0 radical (unpaired) electrons. The molecular weight excluding hydrogens is 275 g/mol. The quantitative estimate of drug-likeness (QED) is 0.726. The molecule has 2 rings (SSSR count). The van der Waals surface area contributed by atoms with Crippen LogP contribution in [0.25, 0.3) is 0 Å². The monoisotopic (exact) mass is 290 g/mol. The summed E-state index contributed by atoms with van der Waals surface area (Å²) in [6.07, 6.45) is 5.38. The number of nitrogens with zero attached hydrogens (tertiary/aromatic N) is 2. The highest BCUT2D eigenvalue weighted by molar-refractivity contribution is 14.1. The zero-order chi connectivity index (χ0) is 9.42. The minimum atomic E-state index is 0.683. The topological polar surface area (TPSA) is 17.8 Å². The Balaban J connectivity index is 2.34. The second-order valence-corrected chi connectivity index (χ2v) is 4.95. The molecule has 0 saturated heterocycles. The maximum absolute atomic E-state index is 4.60. The van der Waals surface area contributed by atoms with Gasteiger partial charge >= 0.3 is 0 Å². The Kier molecular flexibility index (Phi) is 2.62. The van der Waals surface area contributed by atoms with Crippen LogP contribution < -0.4 is 0 Å². The Labute approximate surface area is 92.8 Å². The van der Waals surface area contributed by atoms with Crippen LogP contribution in [0.15, 0.2) is 0 Å². The van der Waals surface area contributed by atoms with Gasteiger partial charge in [0.2, 0.25) is 0 Å². The highest BCUT2D eigenvalue weighted by atomic mass is 127. The fourth-order valence-electron chi connectivity index (χ4n) is 2.15. The van der Waals surface area contributed by atoms with Gasteiger partial charge in [0.25, 0.3) is 0 Å². The Hall–Kier alpha value is -0.0600. The Morgan fingerprint density at radius 2 is 1.92 bits per heavy atom. The maximum Gasteiger partial charge on any atom is 0.0730 e. The van der Waals surface area contributed by atoms with Gasteiger partial charge in [0.15, 0.2) is 0 Å². The van der Waals surface area contributed by atoms with E-state index in [1.807, 2.05) is 0 Å². The molecule has 0 atom stereocenters. The molecule has 72 valence electrons. The largest absolute Gasteiger partial charge is 0.265 e. The summed E-state index contributed by atoms with van der Waals surface area (Å²) in [5.41, 5.74) is 2.54. The van der Waals surface area contributed by atoms with Crippen LogP contribution in [0.4, 0.5) is 0 Å². The van der Waals surface area contributed by atoms with Crippen LogP contribution in [0.3, 0.4) is 0 Å². The molecule has 1 aliphatic carbocycles. The molecule has 0 aliphatic heterocycles. The molecule has 3 heteroatoms. The molecule has 1 fully saturated rings. The average Bonchev–Trinajstić information content (AvgIpc) is 2.70. The molecule has 0 unspecified atom stereocenters. The van der Waals surface area contributed by atoms with E-state index in [1.165, 1.54) is 40.6 Å². The van der Waals surface area contributed by atoms with E-state index in [0.29, 0.717) is 6.04 Å². The van der Waals surface area contributed by atoms with Gasteiger partial charge in [0.1, 0.15) is 0 Å². The maximum atomic E-state index is 4.60. The summed E-state index contributed by atoms with van der Waals surface area (Å²) in [5, 5.41) is 4.60. The van der Waals surface area contributed by atoms with Crippen LogP contribution in [-0.4, -0.2) is 9.78 Å². The first-order valence-corrected chi connectivity index (χ1v) is 5.99. The summed E-state index contributed by atoms with van der Waals surface area (Å²) in [6.45, 7) is 4.28. The summed E-state index contributed by atoms with van der Waals surface area (Å²) in [6, 6.07) is 0.683. The first-order valence-electron chi connectivity index (χ1n) is 4.91. The van der Waals surface area contributed by atoms with Crippen molar-refractivity contribution in [3.63, 3.8) is 0 Å². The molecule has 1 aromatic heterocycles. The van der Waals surface area contributed by atoms with Crippen LogP contribution in [0.1, 0.15) is 43.1 Å². The lowest BCUT2D eigenvalue weighted by Crippen LogP contribution is -2.08. The lowest BCUT2D eigenvalue weighted by atomic mass is 10.2. The molecule has 0 aromatic carbocycles. The lowest BCUT2D eigenvalue weighted by Gasteiger charge is -2.11. The normalized spacial score (nSPS) is 18.4. The lowest BCUT2D eigenvalue weighted by molar-refractivity contribution is 0.454. The van der Waals surface area contributed by atoms with E-state index in [1.54, 1.807) is 0 Å². The molecule has 0 N–H and O–H groups in total. The van der Waals surface area contributed by atoms with Crippen molar-refractivity contribution in [3.8, 4) is 0 Å². The second kappa shape index (κ2) is 3.59.